The van der Waals surface area contributed by atoms with Gasteiger partial charge in [0.05, 0.1) is 7.11 Å². The zero-order valence-corrected chi connectivity index (χ0v) is 21.5. The van der Waals surface area contributed by atoms with Gasteiger partial charge in [0.25, 0.3) is 0 Å². The summed E-state index contributed by atoms with van der Waals surface area (Å²) in [6.45, 7) is 8.45. The molecular weight excluding hydrogens is 424 g/mol. The molecule has 0 aromatic carbocycles. The van der Waals surface area contributed by atoms with Crippen molar-refractivity contribution in [3.63, 3.8) is 0 Å². The number of nitrogens with one attached hydrogen (secondary N) is 1. The molecule has 34 heavy (non-hydrogen) atoms. The predicted molar refractivity (Wildman–Crippen MR) is 143 cm³/mol. The van der Waals surface area contributed by atoms with Crippen molar-refractivity contribution >= 4 is 24.3 Å². The van der Waals surface area contributed by atoms with E-state index >= 15 is 0 Å². The van der Waals surface area contributed by atoms with Crippen LogP contribution in [0.2, 0.25) is 0 Å². The van der Waals surface area contributed by atoms with Crippen LogP contribution in [0, 0.1) is 0 Å². The van der Waals surface area contributed by atoms with Crippen LogP contribution in [0.1, 0.15) is 50.9 Å². The second-order valence-electron chi connectivity index (χ2n) is 7.28. The molecule has 0 radical (unpaired) electrons. The lowest BCUT2D eigenvalue weighted by Gasteiger charge is -2.19. The Labute approximate surface area is 204 Å². The second-order valence-corrected chi connectivity index (χ2v) is 7.28. The van der Waals surface area contributed by atoms with Crippen LogP contribution in [0.5, 0.6) is 5.88 Å². The van der Waals surface area contributed by atoms with E-state index in [2.05, 4.69) is 97.6 Å². The van der Waals surface area contributed by atoms with E-state index in [9.17, 15) is 4.79 Å². The third-order valence-corrected chi connectivity index (χ3v) is 4.89. The van der Waals surface area contributed by atoms with Crippen LogP contribution in [-0.4, -0.2) is 42.4 Å². The lowest BCUT2D eigenvalue weighted by atomic mass is 10.1. The van der Waals surface area contributed by atoms with Gasteiger partial charge >= 0.3 is 0 Å². The Bertz CT molecular complexity index is 1120. The number of anilines is 1. The molecule has 2 aromatic heterocycles. The minimum atomic E-state index is 0.463. The maximum absolute atomic E-state index is 10.2. The number of carbonyl (C=O) groups is 1. The molecule has 6 heteroatoms. The van der Waals surface area contributed by atoms with Crippen LogP contribution in [0.15, 0.2) is 66.3 Å². The number of pyridine rings is 2. The lowest BCUT2D eigenvalue weighted by Crippen LogP contribution is -2.26. The number of hydrogen-bond donors (Lipinski definition) is 1. The number of likely N-dealkylation sites (N-methyl/N-ethyl adjacent to an activating group) is 1. The molecule has 1 N–H and O–H groups in total. The largest absolute Gasteiger partial charge is 0.481 e. The molecule has 0 fully saturated rings. The van der Waals surface area contributed by atoms with Crippen LogP contribution in [-0.2, 0) is 0 Å². The fourth-order valence-corrected chi connectivity index (χ4v) is 3.13. The molecule has 182 valence electrons. The van der Waals surface area contributed by atoms with Crippen molar-refractivity contribution in [3.8, 4) is 5.88 Å². The van der Waals surface area contributed by atoms with Crippen molar-refractivity contribution < 1.29 is 9.53 Å². The number of methoxy groups -OCH3 is 1. The average Bonchev–Trinajstić information content (AvgIpc) is 2.88. The van der Waals surface area contributed by atoms with E-state index in [0.717, 1.165) is 30.2 Å². The molecule has 0 unspecified atom stereocenters. The minimum absolute atomic E-state index is 0.463. The topological polar surface area (TPSA) is 67.3 Å². The number of nitrogens with zero attached hydrogens (tertiary/aromatic N) is 3. The van der Waals surface area contributed by atoms with Gasteiger partial charge < -0.3 is 15.0 Å². The fraction of sp³-hybridized carbons (Fsp3) is 0.321. The number of aldehydes is 1. The number of carbonyl (C=O) groups excluding carboxylic acids is 1. The van der Waals surface area contributed by atoms with Gasteiger partial charge in [-0.3, -0.25) is 4.79 Å². The van der Waals surface area contributed by atoms with Gasteiger partial charge in [0.1, 0.15) is 12.1 Å². The third kappa shape index (κ3) is 9.06. The second kappa shape index (κ2) is 16.0. The van der Waals surface area contributed by atoms with E-state index in [0.29, 0.717) is 11.4 Å². The molecule has 2 rings (SSSR count). The summed E-state index contributed by atoms with van der Waals surface area (Å²) in [5.74, 6) is 1.34. The summed E-state index contributed by atoms with van der Waals surface area (Å²) in [5, 5.41) is 5.46. The molecule has 0 saturated heterocycles. The average molecular weight is 463 g/mol. The van der Waals surface area contributed by atoms with Crippen molar-refractivity contribution in [2.24, 2.45) is 0 Å². The van der Waals surface area contributed by atoms with Gasteiger partial charge in [-0.2, -0.15) is 0 Å². The van der Waals surface area contributed by atoms with E-state index < -0.39 is 0 Å². The molecule has 6 nitrogen and oxygen atoms in total. The van der Waals surface area contributed by atoms with Crippen LogP contribution in [0.25, 0.3) is 12.2 Å². The molecule has 0 amide bonds. The van der Waals surface area contributed by atoms with Gasteiger partial charge in [-0.05, 0) is 67.1 Å². The summed E-state index contributed by atoms with van der Waals surface area (Å²) in [5.41, 5.74) is 2.96. The number of hydrogen-bond acceptors (Lipinski definition) is 6. The van der Waals surface area contributed by atoms with Gasteiger partial charge in [-0.15, -0.1) is 0 Å². The first-order chi connectivity index (χ1) is 16.5. The van der Waals surface area contributed by atoms with E-state index in [1.54, 1.807) is 12.1 Å². The lowest BCUT2D eigenvalue weighted by molar-refractivity contribution is 0.112. The zero-order valence-electron chi connectivity index (χ0n) is 21.5. The van der Waals surface area contributed by atoms with Gasteiger partial charge in [0, 0.05) is 43.8 Å². The molecule has 0 atom stereocenters. The fourth-order valence-electron chi connectivity index (χ4n) is 3.13. The molecule has 0 aliphatic carbocycles. The summed E-state index contributed by atoms with van der Waals surface area (Å²) >= 11 is 0. The van der Waals surface area contributed by atoms with E-state index in [-0.39, 0.29) is 0 Å². The van der Waals surface area contributed by atoms with Crippen molar-refractivity contribution in [2.75, 3.05) is 26.5 Å². The third-order valence-electron chi connectivity index (χ3n) is 4.89. The van der Waals surface area contributed by atoms with Gasteiger partial charge in [0.15, 0.2) is 0 Å². The SMILES string of the molecule is C/C=C(C(/C=c1/cc(NC)nc/c1=C\CC)=C/C)\N(C)/C=C/CC.COc1cc(C=O)ccn1. The summed E-state index contributed by atoms with van der Waals surface area (Å²) in [7, 11) is 5.49. The highest BCUT2D eigenvalue weighted by molar-refractivity contribution is 5.74. The summed E-state index contributed by atoms with van der Waals surface area (Å²) < 4.78 is 4.79. The maximum atomic E-state index is 10.2. The van der Waals surface area contributed by atoms with E-state index in [1.807, 2.05) is 13.2 Å². The quantitative estimate of drug-likeness (QED) is 0.430. The summed E-state index contributed by atoms with van der Waals surface area (Å²) in [4.78, 5) is 20.6. The summed E-state index contributed by atoms with van der Waals surface area (Å²) in [6.07, 6.45) is 19.3. The number of rotatable bonds is 9. The predicted octanol–water partition coefficient (Wildman–Crippen LogP) is 4.70. The zero-order chi connectivity index (χ0) is 25.3. The van der Waals surface area contributed by atoms with Gasteiger partial charge in [0.2, 0.25) is 5.88 Å². The van der Waals surface area contributed by atoms with E-state index in [4.69, 9.17) is 4.74 Å². The minimum Gasteiger partial charge on any atom is -0.481 e. The first kappa shape index (κ1) is 28.4. The van der Waals surface area contributed by atoms with Crippen molar-refractivity contribution in [3.05, 3.63) is 82.3 Å². The Morgan fingerprint density at radius 2 is 1.88 bits per heavy atom. The van der Waals surface area contributed by atoms with Gasteiger partial charge in [-0.1, -0.05) is 38.2 Å². The van der Waals surface area contributed by atoms with Crippen molar-refractivity contribution in [2.45, 2.75) is 40.5 Å². The van der Waals surface area contributed by atoms with E-state index in [1.165, 1.54) is 29.8 Å². The van der Waals surface area contributed by atoms with Gasteiger partial charge in [-0.25, -0.2) is 9.97 Å². The van der Waals surface area contributed by atoms with Crippen LogP contribution in [0.3, 0.4) is 0 Å². The smallest absolute Gasteiger partial charge is 0.213 e. The molecule has 0 bridgehead atoms. The first-order valence-corrected chi connectivity index (χ1v) is 11.5. The molecular formula is C28H38N4O2. The molecule has 0 spiro atoms. The molecule has 2 aromatic rings. The monoisotopic (exact) mass is 462 g/mol. The highest BCUT2D eigenvalue weighted by Crippen LogP contribution is 2.16. The Morgan fingerprint density at radius 1 is 1.12 bits per heavy atom. The molecule has 0 aliphatic rings. The number of aromatic nitrogens is 2. The summed E-state index contributed by atoms with van der Waals surface area (Å²) in [6, 6.07) is 5.29. The Hall–Kier alpha value is -3.67. The Balaban J connectivity index is 0.000000479. The highest BCUT2D eigenvalue weighted by atomic mass is 16.5. The highest BCUT2D eigenvalue weighted by Gasteiger charge is 2.05. The molecule has 0 saturated carbocycles. The Morgan fingerprint density at radius 3 is 2.44 bits per heavy atom. The van der Waals surface area contributed by atoms with Crippen molar-refractivity contribution in [1.82, 2.24) is 14.9 Å². The normalized spacial score (nSPS) is 12.9. The molecule has 0 aliphatic heterocycles. The Kier molecular flexibility index (Phi) is 13.4. The van der Waals surface area contributed by atoms with Crippen molar-refractivity contribution in [1.29, 1.82) is 0 Å². The van der Waals surface area contributed by atoms with Crippen LogP contribution < -0.4 is 20.5 Å². The number of allylic oxidation sites excluding steroid dienone is 4. The van der Waals surface area contributed by atoms with Crippen LogP contribution >= 0.6 is 0 Å². The first-order valence-electron chi connectivity index (χ1n) is 11.5. The number of ether oxygens (including phenoxy) is 1. The molecule has 2 heterocycles. The standard InChI is InChI=1S/C21H31N3.C7H7NO2/c1-7-11-13-24(6)20(10-4)17(9-3)14-19-15-21(22-5)23-16-18(19)12-8-2;1-10-7-4-6(5-9)2-3-8-7/h9-16,22H,7-8H2,1-6H3;2-5H,1H3/b13-11+,17-9+,18-12+,19-14-,20-10-;. The van der Waals surface area contributed by atoms with Crippen LogP contribution in [0.4, 0.5) is 5.82 Å². The maximum Gasteiger partial charge on any atom is 0.213 e.